The monoisotopic (exact) mass is 413 g/mol. The number of amides is 3. The largest absolute Gasteiger partial charge is 0.354 e. The normalized spacial score (nSPS) is 18.8. The first-order valence-corrected chi connectivity index (χ1v) is 11.4. The molecule has 3 rings (SSSR count). The molecule has 2 aliphatic rings. The van der Waals surface area contributed by atoms with Crippen molar-refractivity contribution in [3.63, 3.8) is 0 Å². The maximum Gasteiger partial charge on any atom is 0.252 e. The Kier molecular flexibility index (Phi) is 7.88. The minimum Gasteiger partial charge on any atom is -0.354 e. The van der Waals surface area contributed by atoms with Gasteiger partial charge in [-0.25, -0.2) is 0 Å². The van der Waals surface area contributed by atoms with Gasteiger partial charge in [-0.3, -0.25) is 14.4 Å². The predicted octanol–water partition coefficient (Wildman–Crippen LogP) is 3.05. The van der Waals surface area contributed by atoms with Crippen LogP contribution in [0.3, 0.4) is 0 Å². The van der Waals surface area contributed by atoms with Crippen LogP contribution in [0.4, 0.5) is 0 Å². The highest BCUT2D eigenvalue weighted by atomic mass is 16.2. The van der Waals surface area contributed by atoms with Crippen molar-refractivity contribution in [3.05, 3.63) is 35.4 Å². The molecule has 30 heavy (non-hydrogen) atoms. The van der Waals surface area contributed by atoms with Crippen molar-refractivity contribution in [1.29, 1.82) is 0 Å². The van der Waals surface area contributed by atoms with E-state index in [1.807, 2.05) is 36.9 Å². The number of hydrogen-bond acceptors (Lipinski definition) is 3. The highest BCUT2D eigenvalue weighted by molar-refractivity contribution is 5.98. The van der Waals surface area contributed by atoms with Crippen LogP contribution < -0.4 is 10.6 Å². The third-order valence-electron chi connectivity index (χ3n) is 6.54. The number of aryl methyl sites for hydroxylation is 1. The second kappa shape index (κ2) is 10.6. The number of benzene rings is 1. The van der Waals surface area contributed by atoms with Gasteiger partial charge in [0.15, 0.2) is 0 Å². The van der Waals surface area contributed by atoms with Crippen molar-refractivity contribution in [1.82, 2.24) is 15.5 Å². The molecular formula is C24H35N3O3. The molecule has 0 spiro atoms. The molecule has 1 heterocycles. The predicted molar refractivity (Wildman–Crippen MR) is 117 cm³/mol. The average Bonchev–Trinajstić information content (AvgIpc) is 3.30. The van der Waals surface area contributed by atoms with Crippen molar-refractivity contribution >= 4 is 17.7 Å². The van der Waals surface area contributed by atoms with E-state index < -0.39 is 6.04 Å². The number of nitrogens with zero attached hydrogens (tertiary/aromatic N) is 1. The first-order valence-electron chi connectivity index (χ1n) is 11.4. The van der Waals surface area contributed by atoms with Crippen LogP contribution in [0.2, 0.25) is 0 Å². The molecule has 6 heteroatoms. The van der Waals surface area contributed by atoms with E-state index in [-0.39, 0.29) is 29.6 Å². The van der Waals surface area contributed by atoms with Gasteiger partial charge in [-0.05, 0) is 56.6 Å². The highest BCUT2D eigenvalue weighted by Crippen LogP contribution is 2.29. The second-order valence-corrected chi connectivity index (χ2v) is 8.70. The van der Waals surface area contributed by atoms with Gasteiger partial charge in [0.2, 0.25) is 11.8 Å². The fraction of sp³-hybridized carbons (Fsp3) is 0.625. The average molecular weight is 414 g/mol. The molecule has 1 aliphatic carbocycles. The van der Waals surface area contributed by atoms with E-state index in [4.69, 9.17) is 0 Å². The highest BCUT2D eigenvalue weighted by Gasteiger charge is 2.35. The summed E-state index contributed by atoms with van der Waals surface area (Å²) in [5, 5.41) is 5.94. The first-order chi connectivity index (χ1) is 14.5. The van der Waals surface area contributed by atoms with E-state index in [0.29, 0.717) is 25.2 Å². The first kappa shape index (κ1) is 22.3. The second-order valence-electron chi connectivity index (χ2n) is 8.70. The number of piperidine rings is 1. The van der Waals surface area contributed by atoms with Crippen LogP contribution in [0.1, 0.15) is 67.8 Å². The van der Waals surface area contributed by atoms with Crippen molar-refractivity contribution in [3.8, 4) is 0 Å². The van der Waals surface area contributed by atoms with Crippen molar-refractivity contribution in [2.45, 2.75) is 64.8 Å². The van der Waals surface area contributed by atoms with Gasteiger partial charge in [-0.1, -0.05) is 38.0 Å². The Morgan fingerprint density at radius 2 is 1.73 bits per heavy atom. The van der Waals surface area contributed by atoms with Crippen LogP contribution in [-0.2, 0) is 9.59 Å². The molecule has 3 amide bonds. The summed E-state index contributed by atoms with van der Waals surface area (Å²) < 4.78 is 0. The maximum atomic E-state index is 12.9. The third-order valence-corrected chi connectivity index (χ3v) is 6.54. The quantitative estimate of drug-likeness (QED) is 0.721. The minimum atomic E-state index is -0.576. The summed E-state index contributed by atoms with van der Waals surface area (Å²) in [6.45, 7) is 5.83. The fourth-order valence-electron chi connectivity index (χ4n) is 4.69. The van der Waals surface area contributed by atoms with E-state index in [2.05, 4.69) is 10.6 Å². The topological polar surface area (TPSA) is 78.5 Å². The summed E-state index contributed by atoms with van der Waals surface area (Å²) >= 11 is 0. The smallest absolute Gasteiger partial charge is 0.252 e. The SMILES string of the molecule is CCCNC(=O)[C@H](NC(=O)c1ccccc1C)C1CCN(C(=O)C2CCCC2)CC1. The number of carbonyl (C=O) groups is 3. The van der Waals surface area contributed by atoms with E-state index in [1.165, 1.54) is 0 Å². The number of likely N-dealkylation sites (tertiary alicyclic amines) is 1. The lowest BCUT2D eigenvalue weighted by Gasteiger charge is -2.37. The summed E-state index contributed by atoms with van der Waals surface area (Å²) in [4.78, 5) is 40.5. The van der Waals surface area contributed by atoms with E-state index in [0.717, 1.165) is 50.5 Å². The molecule has 0 unspecified atom stereocenters. The van der Waals surface area contributed by atoms with Gasteiger partial charge in [0.1, 0.15) is 6.04 Å². The van der Waals surface area contributed by atoms with E-state index in [9.17, 15) is 14.4 Å². The Labute approximate surface area is 179 Å². The molecule has 0 aromatic heterocycles. The molecular weight excluding hydrogens is 378 g/mol. The Morgan fingerprint density at radius 3 is 2.37 bits per heavy atom. The van der Waals surface area contributed by atoms with Crippen molar-refractivity contribution < 1.29 is 14.4 Å². The summed E-state index contributed by atoms with van der Waals surface area (Å²) in [5.41, 5.74) is 1.49. The van der Waals surface area contributed by atoms with Gasteiger partial charge < -0.3 is 15.5 Å². The zero-order valence-corrected chi connectivity index (χ0v) is 18.3. The Balaban J connectivity index is 1.65. The molecule has 2 fully saturated rings. The standard InChI is InChI=1S/C24H35N3O3/c1-3-14-25-23(29)21(26-22(28)20-11-7-4-8-17(20)2)18-12-15-27(16-13-18)24(30)19-9-5-6-10-19/h4,7-8,11,18-19,21H,3,5-6,9-10,12-16H2,1-2H3,(H,25,29)(H,26,28)/t21-/m1/s1. The summed E-state index contributed by atoms with van der Waals surface area (Å²) in [6, 6.07) is 6.84. The van der Waals surface area contributed by atoms with E-state index in [1.54, 1.807) is 6.07 Å². The molecule has 164 valence electrons. The molecule has 1 aromatic rings. The lowest BCUT2D eigenvalue weighted by molar-refractivity contribution is -0.137. The molecule has 0 radical (unpaired) electrons. The third kappa shape index (κ3) is 5.41. The van der Waals surface area contributed by atoms with Crippen LogP contribution in [0.15, 0.2) is 24.3 Å². The molecule has 0 bridgehead atoms. The molecule has 1 aromatic carbocycles. The van der Waals surface area contributed by atoms with Crippen LogP contribution in [-0.4, -0.2) is 48.3 Å². The van der Waals surface area contributed by atoms with Gasteiger partial charge >= 0.3 is 0 Å². The number of hydrogen-bond donors (Lipinski definition) is 2. The molecule has 1 saturated carbocycles. The number of rotatable bonds is 7. The zero-order valence-electron chi connectivity index (χ0n) is 18.3. The molecule has 1 saturated heterocycles. The summed E-state index contributed by atoms with van der Waals surface area (Å²) in [7, 11) is 0. The Morgan fingerprint density at radius 1 is 1.07 bits per heavy atom. The van der Waals surface area contributed by atoms with Gasteiger partial charge in [0.05, 0.1) is 0 Å². The molecule has 1 atom stereocenters. The van der Waals surface area contributed by atoms with Crippen molar-refractivity contribution in [2.75, 3.05) is 19.6 Å². The van der Waals surface area contributed by atoms with Gasteiger partial charge in [-0.15, -0.1) is 0 Å². The van der Waals surface area contributed by atoms with Crippen LogP contribution in [0.25, 0.3) is 0 Å². The van der Waals surface area contributed by atoms with Crippen molar-refractivity contribution in [2.24, 2.45) is 11.8 Å². The molecule has 1 aliphatic heterocycles. The molecule has 6 nitrogen and oxygen atoms in total. The summed E-state index contributed by atoms with van der Waals surface area (Å²) in [5.74, 6) is 0.156. The number of carbonyl (C=O) groups excluding carboxylic acids is 3. The number of nitrogens with one attached hydrogen (secondary N) is 2. The maximum absolute atomic E-state index is 12.9. The van der Waals surface area contributed by atoms with Gasteiger partial charge in [0, 0.05) is 31.1 Å². The molecule has 2 N–H and O–H groups in total. The van der Waals surface area contributed by atoms with Crippen LogP contribution in [0, 0.1) is 18.8 Å². The Hall–Kier alpha value is -2.37. The lowest BCUT2D eigenvalue weighted by Crippen LogP contribution is -2.54. The lowest BCUT2D eigenvalue weighted by atomic mass is 9.87. The minimum absolute atomic E-state index is 0.0300. The van der Waals surface area contributed by atoms with Crippen LogP contribution in [0.5, 0.6) is 0 Å². The van der Waals surface area contributed by atoms with Gasteiger partial charge in [-0.2, -0.15) is 0 Å². The van der Waals surface area contributed by atoms with Crippen LogP contribution >= 0.6 is 0 Å². The van der Waals surface area contributed by atoms with Gasteiger partial charge in [0.25, 0.3) is 5.91 Å². The summed E-state index contributed by atoms with van der Waals surface area (Å²) in [6.07, 6.45) is 6.63. The zero-order chi connectivity index (χ0) is 21.5. The van der Waals surface area contributed by atoms with E-state index >= 15 is 0 Å². The fourth-order valence-corrected chi connectivity index (χ4v) is 4.69. The Bertz CT molecular complexity index is 750.